The van der Waals surface area contributed by atoms with Crippen LogP contribution in [0.15, 0.2) is 78.9 Å². The van der Waals surface area contributed by atoms with E-state index in [0.717, 1.165) is 16.8 Å². The summed E-state index contributed by atoms with van der Waals surface area (Å²) in [6, 6.07) is 22.0. The second-order valence-corrected chi connectivity index (χ2v) is 19.4. The van der Waals surface area contributed by atoms with E-state index >= 15 is 0 Å². The first-order valence-corrected chi connectivity index (χ1v) is 21.9. The smallest absolute Gasteiger partial charge is 0.408 e. The van der Waals surface area contributed by atoms with E-state index in [9.17, 15) is 39.0 Å². The van der Waals surface area contributed by atoms with Gasteiger partial charge in [-0.1, -0.05) is 108 Å². The van der Waals surface area contributed by atoms with Crippen LogP contribution in [-0.4, -0.2) is 105 Å². The van der Waals surface area contributed by atoms with Crippen LogP contribution in [-0.2, 0) is 48.1 Å². The number of rotatable bonds is 14. The van der Waals surface area contributed by atoms with E-state index in [1.165, 1.54) is 14.7 Å². The highest BCUT2D eigenvalue weighted by Gasteiger charge is 2.55. The van der Waals surface area contributed by atoms with E-state index in [4.69, 9.17) is 16.2 Å². The first-order valence-electron chi connectivity index (χ1n) is 21.9. The van der Waals surface area contributed by atoms with Crippen LogP contribution >= 0.6 is 0 Å². The Kier molecular flexibility index (Phi) is 13.7. The molecule has 16 heteroatoms. The van der Waals surface area contributed by atoms with E-state index in [-0.39, 0.29) is 26.1 Å². The topological polar surface area (TPSA) is 229 Å². The maximum absolute atomic E-state index is 14.7. The Bertz CT molecular complexity index is 2200. The van der Waals surface area contributed by atoms with Crippen molar-refractivity contribution in [1.29, 1.82) is 0 Å². The van der Waals surface area contributed by atoms with Crippen molar-refractivity contribution < 1.29 is 43.7 Å². The van der Waals surface area contributed by atoms with Crippen molar-refractivity contribution in [2.45, 2.75) is 116 Å². The monoisotopic (exact) mass is 881 g/mol. The molecule has 16 nitrogen and oxygen atoms in total. The van der Waals surface area contributed by atoms with Gasteiger partial charge in [-0.05, 0) is 77.3 Å². The fraction of sp³-hybridized carbons (Fsp3) is 0.500. The summed E-state index contributed by atoms with van der Waals surface area (Å²) in [5.74, 6) is -2.36. The van der Waals surface area contributed by atoms with Gasteiger partial charge in [0.1, 0.15) is 23.2 Å². The molecule has 3 aliphatic heterocycles. The Morgan fingerprint density at radius 2 is 1.22 bits per heavy atom. The predicted molar refractivity (Wildman–Crippen MR) is 240 cm³/mol. The van der Waals surface area contributed by atoms with E-state index in [1.807, 2.05) is 87.5 Å². The zero-order chi connectivity index (χ0) is 46.8. The summed E-state index contributed by atoms with van der Waals surface area (Å²) in [5, 5.41) is 22.3. The first kappa shape index (κ1) is 47.3. The van der Waals surface area contributed by atoms with Gasteiger partial charge in [0.15, 0.2) is 0 Å². The molecule has 0 unspecified atom stereocenters. The van der Waals surface area contributed by atoms with Gasteiger partial charge in [0.05, 0.1) is 12.6 Å². The maximum atomic E-state index is 14.7. The van der Waals surface area contributed by atoms with Gasteiger partial charge < -0.3 is 46.4 Å². The third kappa shape index (κ3) is 9.24. The number of carbonyl (C=O) groups is 6. The van der Waals surface area contributed by atoms with E-state index in [0.29, 0.717) is 56.5 Å². The molecular formula is C48H63N7O9. The Labute approximate surface area is 374 Å². The Hall–Kier alpha value is -6.16. The third-order valence-corrected chi connectivity index (χ3v) is 13.1. The number of carboxylic acid groups (broad SMARTS) is 2. The second kappa shape index (κ2) is 18.5. The van der Waals surface area contributed by atoms with Crippen molar-refractivity contribution in [1.82, 2.24) is 20.0 Å². The van der Waals surface area contributed by atoms with Crippen LogP contribution in [0.4, 0.5) is 15.3 Å². The number of hydrogen-bond acceptors (Lipinski definition) is 8. The molecule has 3 aromatic carbocycles. The summed E-state index contributed by atoms with van der Waals surface area (Å²) >= 11 is 0. The van der Waals surface area contributed by atoms with Crippen molar-refractivity contribution >= 4 is 41.5 Å². The number of likely N-dealkylation sites (tertiary alicyclic amines) is 2. The molecule has 0 bridgehead atoms. The summed E-state index contributed by atoms with van der Waals surface area (Å²) in [6.45, 7) is 12.7. The number of primary amides is 2. The minimum Gasteiger partial charge on any atom is -0.465 e. The van der Waals surface area contributed by atoms with Gasteiger partial charge in [0.2, 0.25) is 23.6 Å². The van der Waals surface area contributed by atoms with Gasteiger partial charge in [-0.2, -0.15) is 0 Å². The highest BCUT2D eigenvalue weighted by atomic mass is 16.5. The number of carbonyl (C=O) groups excluding carboxylic acids is 4. The van der Waals surface area contributed by atoms with Gasteiger partial charge in [-0.3, -0.25) is 24.1 Å². The van der Waals surface area contributed by atoms with Crippen LogP contribution in [0.3, 0.4) is 0 Å². The van der Waals surface area contributed by atoms with Crippen LogP contribution in [0.1, 0.15) is 95.9 Å². The Balaban J connectivity index is 1.27. The normalized spacial score (nSPS) is 22.1. The maximum Gasteiger partial charge on any atom is 0.408 e. The molecule has 7 N–H and O–H groups in total. The SMILES string of the molecule is CC(C)(C)[C@H](NC(=O)O)C(=O)N1CCC[C@@]1(C(N)=O)c1ccc(CN(Cc2ccc([C@]3(C(N)=O)CCCN3C(=O)[C@@H](N(C(=O)O)[C@H]3CCOC3)C(C)(C)C)cc2)c2ccccc2)cc1. The Morgan fingerprint density at radius 3 is 1.61 bits per heavy atom. The molecule has 3 heterocycles. The number of nitrogens with one attached hydrogen (secondary N) is 1. The molecule has 5 atom stereocenters. The summed E-state index contributed by atoms with van der Waals surface area (Å²) in [7, 11) is 0. The highest BCUT2D eigenvalue weighted by Crippen LogP contribution is 2.43. The number of ether oxygens (including phenoxy) is 1. The van der Waals surface area contributed by atoms with Crippen molar-refractivity contribution in [2.24, 2.45) is 22.3 Å². The molecule has 344 valence electrons. The molecule has 6 rings (SSSR count). The molecule has 3 aliphatic rings. The quantitative estimate of drug-likeness (QED) is 0.139. The fourth-order valence-electron chi connectivity index (χ4n) is 9.92. The molecule has 64 heavy (non-hydrogen) atoms. The first-order chi connectivity index (χ1) is 30.1. The average molecular weight is 882 g/mol. The van der Waals surface area contributed by atoms with Crippen molar-refractivity contribution in [2.75, 3.05) is 31.2 Å². The number of hydrogen-bond donors (Lipinski definition) is 5. The molecule has 0 aromatic heterocycles. The lowest BCUT2D eigenvalue weighted by Crippen LogP contribution is -2.63. The van der Waals surface area contributed by atoms with Gasteiger partial charge in [0.25, 0.3) is 0 Å². The van der Waals surface area contributed by atoms with Gasteiger partial charge in [0, 0.05) is 38.5 Å². The molecule has 0 aliphatic carbocycles. The molecule has 0 spiro atoms. The standard InChI is InChI=1S/C48H63N7O9/c1-45(2,3)37(51-43(60)61)39(56)53-25-10-23-47(53,41(49)58)33-18-14-31(15-19-33)28-52(35-12-8-7-9-13-35)29-32-16-20-34(21-17-32)48(42(50)59)24-11-26-54(48)40(57)38(46(4,5)6)55(44(62)63)36-22-27-64-30-36/h7-9,12-21,36-38,51H,10-11,22-30H2,1-6H3,(H2,49,58)(H2,50,59)(H,60,61)(H,62,63)/t36-,37+,38+,47-,48-/m0/s1. The summed E-state index contributed by atoms with van der Waals surface area (Å²) in [4.78, 5) is 86.6. The van der Waals surface area contributed by atoms with Crippen molar-refractivity contribution in [3.05, 3.63) is 101 Å². The van der Waals surface area contributed by atoms with E-state index in [1.54, 1.807) is 32.9 Å². The molecule has 6 amide bonds. The number of amides is 6. The number of benzene rings is 3. The van der Waals surface area contributed by atoms with Crippen molar-refractivity contribution in [3.8, 4) is 0 Å². The summed E-state index contributed by atoms with van der Waals surface area (Å²) in [6.07, 6.45) is -0.512. The molecular weight excluding hydrogens is 819 g/mol. The zero-order valence-corrected chi connectivity index (χ0v) is 37.7. The van der Waals surface area contributed by atoms with Gasteiger partial charge >= 0.3 is 12.2 Å². The van der Waals surface area contributed by atoms with Crippen LogP contribution in [0.25, 0.3) is 0 Å². The molecule has 0 radical (unpaired) electrons. The minimum absolute atomic E-state index is 0.185. The largest absolute Gasteiger partial charge is 0.465 e. The lowest BCUT2D eigenvalue weighted by molar-refractivity contribution is -0.151. The highest BCUT2D eigenvalue weighted by molar-refractivity contribution is 5.96. The predicted octanol–water partition coefficient (Wildman–Crippen LogP) is 5.37. The number of para-hydroxylation sites is 1. The fourth-order valence-corrected chi connectivity index (χ4v) is 9.92. The van der Waals surface area contributed by atoms with Crippen LogP contribution < -0.4 is 21.7 Å². The molecule has 3 fully saturated rings. The zero-order valence-electron chi connectivity index (χ0n) is 37.7. The third-order valence-electron chi connectivity index (χ3n) is 13.1. The summed E-state index contributed by atoms with van der Waals surface area (Å²) < 4.78 is 5.52. The van der Waals surface area contributed by atoms with Crippen molar-refractivity contribution in [3.63, 3.8) is 0 Å². The summed E-state index contributed by atoms with van der Waals surface area (Å²) in [5.41, 5.74) is 11.6. The molecule has 3 saturated heterocycles. The second-order valence-electron chi connectivity index (χ2n) is 19.4. The average Bonchev–Trinajstić information content (AvgIpc) is 4.03. The lowest BCUT2D eigenvalue weighted by Gasteiger charge is -2.45. The number of nitrogens with zero attached hydrogens (tertiary/aromatic N) is 4. The van der Waals surface area contributed by atoms with Crippen LogP contribution in [0.5, 0.6) is 0 Å². The van der Waals surface area contributed by atoms with Crippen LogP contribution in [0.2, 0.25) is 0 Å². The molecule has 0 saturated carbocycles. The van der Waals surface area contributed by atoms with E-state index < -0.39 is 75.8 Å². The number of nitrogens with two attached hydrogens (primary N) is 2. The van der Waals surface area contributed by atoms with Crippen LogP contribution in [0, 0.1) is 10.8 Å². The lowest BCUT2D eigenvalue weighted by atomic mass is 9.81. The minimum atomic E-state index is -1.49. The number of anilines is 1. The molecule has 3 aromatic rings. The van der Waals surface area contributed by atoms with E-state index in [2.05, 4.69) is 10.2 Å². The van der Waals surface area contributed by atoms with Gasteiger partial charge in [-0.25, -0.2) is 9.59 Å². The Morgan fingerprint density at radius 1 is 0.734 bits per heavy atom. The van der Waals surface area contributed by atoms with Gasteiger partial charge in [-0.15, -0.1) is 0 Å².